The van der Waals surface area contributed by atoms with Crippen molar-refractivity contribution in [3.8, 4) is 11.5 Å². The molecule has 0 unspecified atom stereocenters. The van der Waals surface area contributed by atoms with Gasteiger partial charge in [-0.25, -0.2) is 0 Å². The minimum Gasteiger partial charge on any atom is -0.863 e. The van der Waals surface area contributed by atoms with Crippen molar-refractivity contribution in [3.05, 3.63) is 85.0 Å². The van der Waals surface area contributed by atoms with Crippen LogP contribution in [0.25, 0.3) is 0 Å². The van der Waals surface area contributed by atoms with Gasteiger partial charge in [-0.05, 0) is 0 Å². The minimum atomic E-state index is -1.46. The zero-order chi connectivity index (χ0) is 24.9. The molecule has 0 fully saturated rings. The van der Waals surface area contributed by atoms with Crippen LogP contribution in [0.15, 0.2) is 24.3 Å². The molecule has 0 saturated carbocycles. The monoisotopic (exact) mass is 512 g/mol. The predicted molar refractivity (Wildman–Crippen MR) is 91.7 cm³/mol. The van der Waals surface area contributed by atoms with Crippen LogP contribution in [0.1, 0.15) is 0 Å². The number of nitro benzene ring substituents is 6. The minimum absolute atomic E-state index is 0. The number of hydrogen-bond donors (Lipinski definition) is 0. The van der Waals surface area contributed by atoms with Crippen LogP contribution in [-0.2, 0) is 17.1 Å². The van der Waals surface area contributed by atoms with E-state index >= 15 is 0 Å². The fourth-order valence-corrected chi connectivity index (χ4v) is 1.92. The van der Waals surface area contributed by atoms with E-state index in [1.807, 2.05) is 0 Å². The molecule has 20 nitrogen and oxygen atoms in total. The summed E-state index contributed by atoms with van der Waals surface area (Å²) in [4.78, 5) is 55.0. The summed E-state index contributed by atoms with van der Waals surface area (Å²) in [6, 6.07) is 1.54. The zero-order valence-corrected chi connectivity index (χ0v) is 16.2. The van der Waals surface area contributed by atoms with Gasteiger partial charge in [-0.3, -0.25) is 60.7 Å². The van der Waals surface area contributed by atoms with Gasteiger partial charge in [0.05, 0.1) is 65.3 Å². The normalized spacial score (nSPS) is 9.45. The second-order valence-corrected chi connectivity index (χ2v) is 5.17. The molecular weight excluding hydrogens is 508 g/mol. The Labute approximate surface area is 188 Å². The fourth-order valence-electron chi connectivity index (χ4n) is 1.92. The molecule has 174 valence electrons. The quantitative estimate of drug-likeness (QED) is 0.296. The molecule has 0 bridgehead atoms. The number of non-ortho nitro benzene ring substituents is 2. The van der Waals surface area contributed by atoms with Crippen molar-refractivity contribution in [3.63, 3.8) is 0 Å². The third kappa shape index (κ3) is 6.47. The van der Waals surface area contributed by atoms with Gasteiger partial charge in [-0.1, -0.05) is 0 Å². The van der Waals surface area contributed by atoms with Crippen LogP contribution >= 0.6 is 0 Å². The smallest absolute Gasteiger partial charge is 0.863 e. The summed E-state index contributed by atoms with van der Waals surface area (Å²) in [5.74, 6) is -2.92. The van der Waals surface area contributed by atoms with E-state index in [1.165, 1.54) is 0 Å². The van der Waals surface area contributed by atoms with E-state index in [1.54, 1.807) is 0 Å². The average Bonchev–Trinajstić information content (AvgIpc) is 2.67. The van der Waals surface area contributed by atoms with Crippen molar-refractivity contribution in [1.29, 1.82) is 0 Å². The SMILES string of the molecule is O=[N+]([O-])c1cc([N+](=O)[O-])c([O-])c([N+](=O)[O-])c1.O=[N+]([O-])c1cc([N+](=O)[O-])c([O-])c([N+](=O)[O-])c1.[Fe+2]. The Morgan fingerprint density at radius 1 is 0.424 bits per heavy atom. The molecule has 0 spiro atoms. The van der Waals surface area contributed by atoms with E-state index in [4.69, 9.17) is 0 Å². The van der Waals surface area contributed by atoms with Gasteiger partial charge in [0.15, 0.2) is 0 Å². The van der Waals surface area contributed by atoms with E-state index in [0.29, 0.717) is 24.3 Å². The standard InChI is InChI=1S/2C6H3N3O7.Fe/c2*10-6-4(8(13)14)1-3(7(11)12)2-5(6)9(15)16;/h2*1-2,10H;/q;;+2/p-2. The molecule has 2 aromatic rings. The van der Waals surface area contributed by atoms with Gasteiger partial charge in [0.25, 0.3) is 34.1 Å². The Hall–Kier alpha value is -5.04. The summed E-state index contributed by atoms with van der Waals surface area (Å²) < 4.78 is 0. The van der Waals surface area contributed by atoms with Crippen molar-refractivity contribution >= 4 is 34.1 Å². The third-order valence-electron chi connectivity index (χ3n) is 3.28. The summed E-state index contributed by atoms with van der Waals surface area (Å²) in [7, 11) is 0. The Balaban J connectivity index is 0.000000602. The maximum Gasteiger partial charge on any atom is 2.00 e. The van der Waals surface area contributed by atoms with E-state index in [9.17, 15) is 70.9 Å². The van der Waals surface area contributed by atoms with Crippen LogP contribution < -0.4 is 10.2 Å². The summed E-state index contributed by atoms with van der Waals surface area (Å²) in [6.07, 6.45) is 0. The number of nitrogens with zero attached hydrogens (tertiary/aromatic N) is 6. The molecule has 0 heterocycles. The Morgan fingerprint density at radius 2 is 0.606 bits per heavy atom. The second-order valence-electron chi connectivity index (χ2n) is 5.17. The molecule has 0 aromatic heterocycles. The van der Waals surface area contributed by atoms with Gasteiger partial charge in [0.2, 0.25) is 0 Å². The van der Waals surface area contributed by atoms with Gasteiger partial charge in [0, 0.05) is 0 Å². The van der Waals surface area contributed by atoms with Gasteiger partial charge in [-0.15, -0.1) is 0 Å². The largest absolute Gasteiger partial charge is 2.00 e. The van der Waals surface area contributed by atoms with Gasteiger partial charge >= 0.3 is 17.1 Å². The van der Waals surface area contributed by atoms with Gasteiger partial charge in [-0.2, -0.15) is 0 Å². The van der Waals surface area contributed by atoms with Crippen molar-refractivity contribution in [2.24, 2.45) is 0 Å². The molecule has 0 N–H and O–H groups in total. The average molecular weight is 512 g/mol. The summed E-state index contributed by atoms with van der Waals surface area (Å²) in [5.41, 5.74) is -6.53. The first-order chi connectivity index (χ1) is 14.7. The van der Waals surface area contributed by atoms with E-state index in [2.05, 4.69) is 0 Å². The first-order valence-corrected chi connectivity index (χ1v) is 7.25. The van der Waals surface area contributed by atoms with Crippen LogP contribution in [0.4, 0.5) is 34.1 Å². The molecule has 2 rings (SSSR count). The van der Waals surface area contributed by atoms with E-state index < -0.39 is 75.2 Å². The first kappa shape index (κ1) is 28.0. The topological polar surface area (TPSA) is 305 Å². The molecule has 21 heteroatoms. The van der Waals surface area contributed by atoms with Gasteiger partial charge < -0.3 is 10.2 Å². The van der Waals surface area contributed by atoms with Crippen LogP contribution in [-0.4, -0.2) is 29.5 Å². The molecule has 2 aromatic carbocycles. The summed E-state index contributed by atoms with van der Waals surface area (Å²) in [6.45, 7) is 0. The number of nitro groups is 6. The second kappa shape index (κ2) is 10.8. The van der Waals surface area contributed by atoms with Crippen LogP contribution in [0.5, 0.6) is 11.5 Å². The summed E-state index contributed by atoms with van der Waals surface area (Å²) in [5, 5.41) is 84.2. The third-order valence-corrected chi connectivity index (χ3v) is 3.28. The molecule has 33 heavy (non-hydrogen) atoms. The fraction of sp³-hybridized carbons (Fsp3) is 0. The molecule has 0 radical (unpaired) electrons. The summed E-state index contributed by atoms with van der Waals surface area (Å²) >= 11 is 0. The van der Waals surface area contributed by atoms with Crippen molar-refractivity contribution < 1.29 is 56.8 Å². The molecule has 0 amide bonds. The number of benzene rings is 2. The Bertz CT molecular complexity index is 1020. The maximum absolute atomic E-state index is 11.1. The van der Waals surface area contributed by atoms with Crippen LogP contribution in [0.3, 0.4) is 0 Å². The van der Waals surface area contributed by atoms with Crippen LogP contribution in [0, 0.1) is 60.7 Å². The number of hydrogen-bond acceptors (Lipinski definition) is 14. The van der Waals surface area contributed by atoms with Crippen LogP contribution in [0.2, 0.25) is 0 Å². The van der Waals surface area contributed by atoms with Crippen molar-refractivity contribution in [1.82, 2.24) is 0 Å². The predicted octanol–water partition coefficient (Wildman–Crippen LogP) is 0.967. The van der Waals surface area contributed by atoms with Crippen molar-refractivity contribution in [2.75, 3.05) is 0 Å². The first-order valence-electron chi connectivity index (χ1n) is 7.25. The number of rotatable bonds is 6. The zero-order valence-electron chi connectivity index (χ0n) is 15.1. The Kier molecular flexibility index (Phi) is 9.18. The molecule has 0 atom stereocenters. The maximum atomic E-state index is 11.1. The molecular formula is C12H4FeN6O14. The van der Waals surface area contributed by atoms with Crippen molar-refractivity contribution in [2.45, 2.75) is 0 Å². The van der Waals surface area contributed by atoms with E-state index in [0.717, 1.165) is 0 Å². The molecule has 0 aliphatic rings. The Morgan fingerprint density at radius 3 is 0.727 bits per heavy atom. The molecule has 0 aliphatic heterocycles. The van der Waals surface area contributed by atoms with Gasteiger partial charge in [0.1, 0.15) is 0 Å². The molecule has 0 aliphatic carbocycles. The molecule has 0 saturated heterocycles. The van der Waals surface area contributed by atoms with E-state index in [-0.39, 0.29) is 17.1 Å².